The van der Waals surface area contributed by atoms with Crippen molar-refractivity contribution in [2.75, 3.05) is 27.2 Å². The molecule has 1 unspecified atom stereocenters. The number of hydrogen-bond donors (Lipinski definition) is 1. The fourth-order valence-corrected chi connectivity index (χ4v) is 4.55. The topological polar surface area (TPSA) is 83.0 Å². The molecule has 1 aliphatic heterocycles. The molecule has 31 heavy (non-hydrogen) atoms. The van der Waals surface area contributed by atoms with Gasteiger partial charge in [-0.2, -0.15) is 0 Å². The molecule has 1 aromatic heterocycles. The molecule has 166 valence electrons. The van der Waals surface area contributed by atoms with Gasteiger partial charge in [0.1, 0.15) is 5.75 Å². The Morgan fingerprint density at radius 2 is 1.97 bits per heavy atom. The number of ether oxygens (including phenoxy) is 1. The van der Waals surface area contributed by atoms with E-state index in [-0.39, 0.29) is 17.5 Å². The molecule has 3 rings (SSSR count). The van der Waals surface area contributed by atoms with E-state index in [1.807, 2.05) is 64.0 Å². The lowest BCUT2D eigenvalue weighted by molar-refractivity contribution is -0.129. The molecule has 1 N–H and O–H groups in total. The number of aromatic nitrogens is 1. The molecule has 2 heterocycles. The number of nitrogens with zero attached hydrogens (tertiary/aromatic N) is 3. The average molecular weight is 444 g/mol. The Morgan fingerprint density at radius 1 is 1.29 bits per heavy atom. The van der Waals surface area contributed by atoms with Crippen molar-refractivity contribution in [1.82, 2.24) is 14.8 Å². The van der Waals surface area contributed by atoms with Gasteiger partial charge in [0.2, 0.25) is 5.78 Å². The first-order valence-electron chi connectivity index (χ1n) is 10.2. The van der Waals surface area contributed by atoms with Crippen LogP contribution in [-0.4, -0.2) is 64.9 Å². The fraction of sp³-hybridized carbons (Fsp3) is 0.435. The summed E-state index contributed by atoms with van der Waals surface area (Å²) in [5, 5.41) is 11.6. The molecule has 0 radical (unpaired) electrons. The molecule has 0 saturated heterocycles. The third kappa shape index (κ3) is 4.65. The number of aliphatic hydroxyl groups excluding tert-OH is 1. The van der Waals surface area contributed by atoms with Crippen LogP contribution < -0.4 is 4.74 Å². The summed E-state index contributed by atoms with van der Waals surface area (Å²) in [6.45, 7) is 8.37. The summed E-state index contributed by atoms with van der Waals surface area (Å²) in [4.78, 5) is 34.9. The van der Waals surface area contributed by atoms with Crippen molar-refractivity contribution < 1.29 is 19.4 Å². The highest BCUT2D eigenvalue weighted by Crippen LogP contribution is 2.43. The maximum absolute atomic E-state index is 13.6. The Bertz CT molecular complexity index is 1030. The molecule has 1 amide bonds. The molecular weight excluding hydrogens is 414 g/mol. The Kier molecular flexibility index (Phi) is 6.81. The first-order valence-corrected chi connectivity index (χ1v) is 11.1. The van der Waals surface area contributed by atoms with Crippen LogP contribution in [0.5, 0.6) is 5.75 Å². The number of thiazole rings is 1. The van der Waals surface area contributed by atoms with E-state index >= 15 is 0 Å². The van der Waals surface area contributed by atoms with Gasteiger partial charge in [-0.15, -0.1) is 11.3 Å². The van der Waals surface area contributed by atoms with Crippen molar-refractivity contribution in [1.29, 1.82) is 0 Å². The van der Waals surface area contributed by atoms with Crippen LogP contribution in [0.3, 0.4) is 0 Å². The van der Waals surface area contributed by atoms with Gasteiger partial charge in [0.15, 0.2) is 5.76 Å². The largest absolute Gasteiger partial charge is 0.503 e. The standard InChI is InChI=1S/C23H29N3O4S/c1-13(2)30-17-10-8-7-9-16(17)19-18(20(27)22-14(3)24-15(4)31-22)21(28)23(29)26(19)12-11-25(5)6/h7-10,13,19,28H,11-12H2,1-6H3. The number of hydrogen-bond acceptors (Lipinski definition) is 7. The van der Waals surface area contributed by atoms with Gasteiger partial charge in [0, 0.05) is 18.7 Å². The smallest absolute Gasteiger partial charge is 0.290 e. The summed E-state index contributed by atoms with van der Waals surface area (Å²) in [7, 11) is 3.82. The van der Waals surface area contributed by atoms with Gasteiger partial charge >= 0.3 is 0 Å². The van der Waals surface area contributed by atoms with Crippen molar-refractivity contribution in [2.24, 2.45) is 0 Å². The Morgan fingerprint density at radius 3 is 2.55 bits per heavy atom. The zero-order valence-electron chi connectivity index (χ0n) is 18.8. The van der Waals surface area contributed by atoms with Crippen LogP contribution in [-0.2, 0) is 4.79 Å². The number of para-hydroxylation sites is 1. The van der Waals surface area contributed by atoms with Crippen molar-refractivity contribution in [3.05, 3.63) is 56.7 Å². The quantitative estimate of drug-likeness (QED) is 0.627. The second kappa shape index (κ2) is 9.20. The number of rotatable bonds is 8. The SMILES string of the molecule is Cc1nc(C)c(C(=O)C2=C(O)C(=O)N(CCN(C)C)C2c2ccccc2OC(C)C)s1. The minimum atomic E-state index is -0.739. The highest BCUT2D eigenvalue weighted by molar-refractivity contribution is 7.14. The fourth-order valence-electron chi connectivity index (χ4n) is 3.68. The van der Waals surface area contributed by atoms with Crippen LogP contribution in [0.1, 0.15) is 45.8 Å². The normalized spacial score (nSPS) is 16.7. The van der Waals surface area contributed by atoms with Gasteiger partial charge in [-0.05, 0) is 47.9 Å². The molecule has 0 fully saturated rings. The van der Waals surface area contributed by atoms with E-state index in [0.717, 1.165) is 5.01 Å². The second-order valence-electron chi connectivity index (χ2n) is 8.15. The first kappa shape index (κ1) is 23.0. The highest BCUT2D eigenvalue weighted by Gasteiger charge is 2.45. The molecule has 0 aliphatic carbocycles. The minimum absolute atomic E-state index is 0.0790. The van der Waals surface area contributed by atoms with Gasteiger partial charge in [0.25, 0.3) is 5.91 Å². The molecule has 7 nitrogen and oxygen atoms in total. The van der Waals surface area contributed by atoms with E-state index in [1.165, 1.54) is 11.3 Å². The summed E-state index contributed by atoms with van der Waals surface area (Å²) in [5.74, 6) is -0.833. The molecule has 0 spiro atoms. The van der Waals surface area contributed by atoms with Crippen LogP contribution in [0.25, 0.3) is 0 Å². The maximum atomic E-state index is 13.6. The Balaban J connectivity index is 2.14. The number of likely N-dealkylation sites (N-methyl/N-ethyl adjacent to an activating group) is 1. The molecule has 1 atom stereocenters. The number of aliphatic hydroxyl groups is 1. The lowest BCUT2D eigenvalue weighted by Crippen LogP contribution is -2.36. The van der Waals surface area contributed by atoms with Crippen LogP contribution in [0.15, 0.2) is 35.6 Å². The van der Waals surface area contributed by atoms with Crippen molar-refractivity contribution in [3.8, 4) is 5.75 Å². The Labute approximate surface area is 187 Å². The molecule has 0 saturated carbocycles. The van der Waals surface area contributed by atoms with E-state index in [4.69, 9.17) is 4.74 Å². The zero-order valence-corrected chi connectivity index (χ0v) is 19.6. The summed E-state index contributed by atoms with van der Waals surface area (Å²) in [6.07, 6.45) is -0.0865. The predicted molar refractivity (Wildman–Crippen MR) is 121 cm³/mol. The zero-order chi connectivity index (χ0) is 22.9. The third-order valence-corrected chi connectivity index (χ3v) is 6.09. The van der Waals surface area contributed by atoms with Crippen LogP contribution in [0, 0.1) is 13.8 Å². The van der Waals surface area contributed by atoms with Gasteiger partial charge in [0.05, 0.1) is 33.3 Å². The summed E-state index contributed by atoms with van der Waals surface area (Å²) in [6, 6.07) is 6.62. The van der Waals surface area contributed by atoms with E-state index < -0.39 is 17.7 Å². The highest BCUT2D eigenvalue weighted by atomic mass is 32.1. The molecule has 2 aromatic rings. The van der Waals surface area contributed by atoms with Gasteiger partial charge < -0.3 is 19.6 Å². The molecule has 1 aromatic carbocycles. The van der Waals surface area contributed by atoms with Crippen LogP contribution in [0.4, 0.5) is 0 Å². The van der Waals surface area contributed by atoms with E-state index in [2.05, 4.69) is 4.98 Å². The minimum Gasteiger partial charge on any atom is -0.503 e. The van der Waals surface area contributed by atoms with E-state index in [9.17, 15) is 14.7 Å². The van der Waals surface area contributed by atoms with Gasteiger partial charge in [-0.1, -0.05) is 18.2 Å². The molecular formula is C23H29N3O4S. The number of benzene rings is 1. The number of carbonyl (C=O) groups is 2. The summed E-state index contributed by atoms with van der Waals surface area (Å²) >= 11 is 1.27. The number of carbonyl (C=O) groups excluding carboxylic acids is 2. The Hall–Kier alpha value is -2.71. The number of ketones is 1. The molecule has 1 aliphatic rings. The molecule has 8 heteroatoms. The lowest BCUT2D eigenvalue weighted by Gasteiger charge is -2.29. The number of amides is 1. The second-order valence-corrected chi connectivity index (χ2v) is 9.35. The summed E-state index contributed by atoms with van der Waals surface area (Å²) < 4.78 is 5.99. The average Bonchev–Trinajstić information content (AvgIpc) is 3.15. The van der Waals surface area contributed by atoms with Gasteiger partial charge in [-0.25, -0.2) is 4.98 Å². The van der Waals surface area contributed by atoms with E-state index in [0.29, 0.717) is 35.0 Å². The molecule has 0 bridgehead atoms. The van der Waals surface area contributed by atoms with E-state index in [1.54, 1.807) is 11.8 Å². The first-order chi connectivity index (χ1) is 14.6. The third-order valence-electron chi connectivity index (χ3n) is 5.02. The van der Waals surface area contributed by atoms with Crippen molar-refractivity contribution in [2.45, 2.75) is 39.8 Å². The van der Waals surface area contributed by atoms with Crippen LogP contribution in [0.2, 0.25) is 0 Å². The monoisotopic (exact) mass is 443 g/mol. The van der Waals surface area contributed by atoms with Crippen LogP contribution >= 0.6 is 11.3 Å². The number of aryl methyl sites for hydroxylation is 2. The summed E-state index contributed by atoms with van der Waals surface area (Å²) in [5.41, 5.74) is 1.35. The van der Waals surface area contributed by atoms with Crippen molar-refractivity contribution in [3.63, 3.8) is 0 Å². The van der Waals surface area contributed by atoms with Crippen molar-refractivity contribution >= 4 is 23.0 Å². The van der Waals surface area contributed by atoms with Gasteiger partial charge in [-0.3, -0.25) is 9.59 Å². The number of Topliss-reactive ketones (excluding diaryl/α,β-unsaturated/α-hetero) is 1. The maximum Gasteiger partial charge on any atom is 0.290 e. The predicted octanol–water partition coefficient (Wildman–Crippen LogP) is 3.69. The lowest BCUT2D eigenvalue weighted by atomic mass is 9.94.